The Morgan fingerprint density at radius 2 is 1.81 bits per heavy atom. The quantitative estimate of drug-likeness (QED) is 0.324. The summed E-state index contributed by atoms with van der Waals surface area (Å²) in [6.07, 6.45) is 13.0. The number of aryl methyl sites for hydroxylation is 2. The van der Waals surface area contributed by atoms with Gasteiger partial charge >= 0.3 is 5.97 Å². The Hall–Kier alpha value is -1.91. The van der Waals surface area contributed by atoms with Crippen LogP contribution in [-0.2, 0) is 17.6 Å². The van der Waals surface area contributed by atoms with Gasteiger partial charge in [0.1, 0.15) is 0 Å². The average Bonchev–Trinajstić information content (AvgIpc) is 3.42. The summed E-state index contributed by atoms with van der Waals surface area (Å²) in [6, 6.07) is 12.8. The molecule has 1 unspecified atom stereocenters. The predicted molar refractivity (Wildman–Crippen MR) is 129 cm³/mol. The van der Waals surface area contributed by atoms with Gasteiger partial charge in [0.25, 0.3) is 0 Å². The first-order chi connectivity index (χ1) is 15.1. The third-order valence-electron chi connectivity index (χ3n) is 6.31. The molecule has 0 saturated heterocycles. The predicted octanol–water partition coefficient (Wildman–Crippen LogP) is 7.20. The zero-order chi connectivity index (χ0) is 22.1. The molecule has 31 heavy (non-hydrogen) atoms. The molecule has 1 heterocycles. The van der Waals surface area contributed by atoms with E-state index >= 15 is 0 Å². The molecule has 2 aromatic rings. The van der Waals surface area contributed by atoms with Crippen molar-refractivity contribution >= 4 is 22.9 Å². The van der Waals surface area contributed by atoms with Crippen LogP contribution in [0.5, 0.6) is 0 Å². The van der Waals surface area contributed by atoms with E-state index in [0.717, 1.165) is 37.7 Å². The summed E-state index contributed by atoms with van der Waals surface area (Å²) in [6.45, 7) is 2.19. The van der Waals surface area contributed by atoms with Crippen LogP contribution in [-0.4, -0.2) is 16.2 Å². The van der Waals surface area contributed by atoms with Gasteiger partial charge in [-0.3, -0.25) is 4.79 Å². The lowest BCUT2D eigenvalue weighted by Gasteiger charge is -2.16. The Bertz CT molecular complexity index is 850. The smallest absolute Gasteiger partial charge is 0.303 e. The van der Waals surface area contributed by atoms with Crippen molar-refractivity contribution in [2.75, 3.05) is 0 Å². The lowest BCUT2D eigenvalue weighted by Crippen LogP contribution is -2.01. The fourth-order valence-corrected chi connectivity index (χ4v) is 5.57. The highest BCUT2D eigenvalue weighted by Crippen LogP contribution is 2.37. The standard InChI is InChI=1S/C27H36O3S/c1-2-3-4-11-26(28)22-14-12-21(13-15-22)25-10-6-8-20(25)7-5-9-23-16-17-24(31-23)18-19-27(29)30/h10,12-17,20,26,28H,2-9,11,18-19H2,1H3,(H,29,30)/t20-,26?/m0/s1. The van der Waals surface area contributed by atoms with Gasteiger partial charge in [-0.2, -0.15) is 0 Å². The molecular weight excluding hydrogens is 404 g/mol. The zero-order valence-electron chi connectivity index (χ0n) is 18.7. The SMILES string of the molecule is CCCCCC(O)c1ccc(C2=CCC[C@@H]2CCCc2ccc(CCC(=O)O)s2)cc1. The number of aliphatic hydroxyl groups excluding tert-OH is 1. The van der Waals surface area contributed by atoms with Crippen molar-refractivity contribution in [2.45, 2.75) is 83.7 Å². The van der Waals surface area contributed by atoms with Crippen LogP contribution in [0.15, 0.2) is 42.5 Å². The summed E-state index contributed by atoms with van der Waals surface area (Å²) in [5.74, 6) is -0.110. The maximum Gasteiger partial charge on any atom is 0.303 e. The van der Waals surface area contributed by atoms with Crippen molar-refractivity contribution in [3.8, 4) is 0 Å². The normalized spacial score (nSPS) is 17.0. The van der Waals surface area contributed by atoms with E-state index in [1.165, 1.54) is 46.6 Å². The van der Waals surface area contributed by atoms with Crippen molar-refractivity contribution in [1.29, 1.82) is 0 Å². The second-order valence-corrected chi connectivity index (χ2v) is 9.97. The summed E-state index contributed by atoms with van der Waals surface area (Å²) in [5, 5.41) is 19.2. The molecule has 0 aliphatic heterocycles. The molecule has 2 atom stereocenters. The van der Waals surface area contributed by atoms with Gasteiger partial charge in [-0.15, -0.1) is 11.3 Å². The highest BCUT2D eigenvalue weighted by atomic mass is 32.1. The van der Waals surface area contributed by atoms with E-state index in [1.54, 1.807) is 11.3 Å². The number of carboxylic acids is 1. The number of rotatable bonds is 13. The van der Waals surface area contributed by atoms with Crippen LogP contribution in [0.25, 0.3) is 5.57 Å². The molecule has 1 aliphatic rings. The minimum atomic E-state index is -0.727. The number of aliphatic hydroxyl groups is 1. The average molecular weight is 441 g/mol. The molecule has 0 spiro atoms. The van der Waals surface area contributed by atoms with Crippen molar-refractivity contribution in [3.63, 3.8) is 0 Å². The van der Waals surface area contributed by atoms with E-state index in [0.29, 0.717) is 12.3 Å². The van der Waals surface area contributed by atoms with E-state index in [-0.39, 0.29) is 12.5 Å². The molecule has 0 saturated carbocycles. The lowest BCUT2D eigenvalue weighted by molar-refractivity contribution is -0.136. The minimum Gasteiger partial charge on any atom is -0.481 e. The molecule has 168 valence electrons. The van der Waals surface area contributed by atoms with Crippen LogP contribution in [0, 0.1) is 5.92 Å². The zero-order valence-corrected chi connectivity index (χ0v) is 19.5. The van der Waals surface area contributed by atoms with E-state index in [4.69, 9.17) is 5.11 Å². The summed E-state index contributed by atoms with van der Waals surface area (Å²) >= 11 is 1.76. The fraction of sp³-hybridized carbons (Fsp3) is 0.519. The van der Waals surface area contributed by atoms with Gasteiger partial charge in [0, 0.05) is 9.75 Å². The number of hydrogen-bond donors (Lipinski definition) is 2. The number of carbonyl (C=O) groups is 1. The Labute approximate surface area is 190 Å². The molecule has 0 amide bonds. The van der Waals surface area contributed by atoms with E-state index in [9.17, 15) is 9.90 Å². The first kappa shape index (κ1) is 23.7. The minimum absolute atomic E-state index is 0.213. The third-order valence-corrected chi connectivity index (χ3v) is 7.51. The maximum absolute atomic E-state index is 10.7. The molecule has 0 radical (unpaired) electrons. The Kier molecular flexibility index (Phi) is 9.35. The van der Waals surface area contributed by atoms with Crippen LogP contribution in [0.4, 0.5) is 0 Å². The topological polar surface area (TPSA) is 57.5 Å². The van der Waals surface area contributed by atoms with Crippen LogP contribution < -0.4 is 0 Å². The lowest BCUT2D eigenvalue weighted by atomic mass is 9.89. The largest absolute Gasteiger partial charge is 0.481 e. The van der Waals surface area contributed by atoms with Gasteiger partial charge in [-0.25, -0.2) is 0 Å². The van der Waals surface area contributed by atoms with Gasteiger partial charge in [0.05, 0.1) is 12.5 Å². The second-order valence-electron chi connectivity index (χ2n) is 8.72. The van der Waals surface area contributed by atoms with E-state index < -0.39 is 5.97 Å². The number of allylic oxidation sites excluding steroid dienone is 2. The van der Waals surface area contributed by atoms with E-state index in [2.05, 4.69) is 49.4 Å². The Morgan fingerprint density at radius 1 is 1.06 bits per heavy atom. The molecule has 1 aliphatic carbocycles. The number of benzene rings is 1. The van der Waals surface area contributed by atoms with Gasteiger partial charge in [0.15, 0.2) is 0 Å². The van der Waals surface area contributed by atoms with E-state index in [1.807, 2.05) is 0 Å². The highest BCUT2D eigenvalue weighted by Gasteiger charge is 2.20. The third kappa shape index (κ3) is 7.33. The first-order valence-electron chi connectivity index (χ1n) is 11.8. The number of unbranched alkanes of at least 4 members (excludes halogenated alkanes) is 2. The molecule has 1 aromatic heterocycles. The second kappa shape index (κ2) is 12.2. The number of thiophene rings is 1. The number of aliphatic carboxylic acids is 1. The van der Waals surface area contributed by atoms with Crippen molar-refractivity contribution in [3.05, 3.63) is 63.4 Å². The molecule has 1 aromatic carbocycles. The molecule has 3 rings (SSSR count). The van der Waals surface area contributed by atoms with Gasteiger partial charge in [-0.1, -0.05) is 56.5 Å². The Morgan fingerprint density at radius 3 is 2.52 bits per heavy atom. The summed E-state index contributed by atoms with van der Waals surface area (Å²) in [4.78, 5) is 13.3. The molecule has 0 bridgehead atoms. The van der Waals surface area contributed by atoms with Crippen molar-refractivity contribution < 1.29 is 15.0 Å². The van der Waals surface area contributed by atoms with Gasteiger partial charge in [0.2, 0.25) is 0 Å². The summed E-state index contributed by atoms with van der Waals surface area (Å²) in [7, 11) is 0. The highest BCUT2D eigenvalue weighted by molar-refractivity contribution is 7.12. The summed E-state index contributed by atoms with van der Waals surface area (Å²) < 4.78 is 0. The van der Waals surface area contributed by atoms with Crippen LogP contribution in [0.3, 0.4) is 0 Å². The maximum atomic E-state index is 10.7. The van der Waals surface area contributed by atoms with Gasteiger partial charge in [-0.05, 0) is 79.7 Å². The first-order valence-corrected chi connectivity index (χ1v) is 12.7. The number of hydrogen-bond acceptors (Lipinski definition) is 3. The Balaban J connectivity index is 1.48. The monoisotopic (exact) mass is 440 g/mol. The molecular formula is C27H36O3S. The number of carboxylic acid groups (broad SMARTS) is 1. The van der Waals surface area contributed by atoms with Crippen LogP contribution >= 0.6 is 11.3 Å². The molecule has 0 fully saturated rings. The molecule has 4 heteroatoms. The van der Waals surface area contributed by atoms with Crippen LogP contribution in [0.2, 0.25) is 0 Å². The van der Waals surface area contributed by atoms with Crippen molar-refractivity contribution in [1.82, 2.24) is 0 Å². The summed E-state index contributed by atoms with van der Waals surface area (Å²) in [5.41, 5.74) is 3.81. The molecule has 2 N–H and O–H groups in total. The van der Waals surface area contributed by atoms with Crippen LogP contribution in [0.1, 0.15) is 91.7 Å². The molecule has 3 nitrogen and oxygen atoms in total. The van der Waals surface area contributed by atoms with Gasteiger partial charge < -0.3 is 10.2 Å². The van der Waals surface area contributed by atoms with Crippen molar-refractivity contribution in [2.24, 2.45) is 5.92 Å². The fourth-order valence-electron chi connectivity index (χ4n) is 4.51.